The van der Waals surface area contributed by atoms with Gasteiger partial charge in [0.2, 0.25) is 0 Å². The lowest BCUT2D eigenvalue weighted by atomic mass is 10.4. The molecule has 1 aromatic rings. The Morgan fingerprint density at radius 2 is 2.38 bits per heavy atom. The van der Waals surface area contributed by atoms with E-state index in [2.05, 4.69) is 20.8 Å². The first-order valence-electron chi connectivity index (χ1n) is 4.72. The third-order valence-corrected chi connectivity index (χ3v) is 2.73. The summed E-state index contributed by atoms with van der Waals surface area (Å²) >= 11 is 3.48. The molecule has 0 amide bonds. The number of nitrogens with zero attached hydrogens (tertiary/aromatic N) is 1. The summed E-state index contributed by atoms with van der Waals surface area (Å²) in [6, 6.07) is 4.81. The Bertz CT molecular complexity index is 243. The van der Waals surface area contributed by atoms with Gasteiger partial charge >= 0.3 is 0 Å². The van der Waals surface area contributed by atoms with Crippen LogP contribution < -0.4 is 0 Å². The molecule has 1 aliphatic rings. The quantitative estimate of drug-likeness (QED) is 0.740. The molecule has 1 heterocycles. The molecule has 2 nitrogen and oxygen atoms in total. The van der Waals surface area contributed by atoms with Gasteiger partial charge in [0, 0.05) is 17.9 Å². The van der Waals surface area contributed by atoms with Gasteiger partial charge in [-0.05, 0) is 25.0 Å². The Morgan fingerprint density at radius 3 is 2.92 bits per heavy atom. The molecule has 3 heteroatoms. The highest BCUT2D eigenvalue weighted by Crippen LogP contribution is 2.28. The molecule has 0 radical (unpaired) electrons. The Hall–Kier alpha value is -0.280. The van der Waals surface area contributed by atoms with Crippen molar-refractivity contribution in [1.29, 1.82) is 0 Å². The maximum Gasteiger partial charge on any atom is 0.117 e. The Balaban J connectivity index is 1.89. The van der Waals surface area contributed by atoms with Gasteiger partial charge in [0.25, 0.3) is 0 Å². The highest BCUT2D eigenvalue weighted by atomic mass is 79.9. The van der Waals surface area contributed by atoms with Crippen molar-refractivity contribution >= 4 is 15.9 Å². The van der Waals surface area contributed by atoms with Crippen LogP contribution in [0.5, 0.6) is 0 Å². The third kappa shape index (κ3) is 2.58. The first-order valence-corrected chi connectivity index (χ1v) is 5.84. The van der Waals surface area contributed by atoms with E-state index in [0.29, 0.717) is 0 Å². The van der Waals surface area contributed by atoms with E-state index in [0.717, 1.165) is 30.2 Å². The van der Waals surface area contributed by atoms with Crippen LogP contribution in [-0.2, 0) is 6.54 Å². The normalized spacial score (nSPS) is 16.8. The van der Waals surface area contributed by atoms with Crippen LogP contribution in [0.25, 0.3) is 0 Å². The average Bonchev–Trinajstić information content (AvgIpc) is 2.85. The van der Waals surface area contributed by atoms with Crippen LogP contribution in [0, 0.1) is 0 Å². The lowest BCUT2D eigenvalue weighted by Gasteiger charge is -2.18. The van der Waals surface area contributed by atoms with Gasteiger partial charge in [-0.3, -0.25) is 4.90 Å². The SMILES string of the molecule is BrCCN(Cc1ccco1)C1CC1. The number of halogens is 1. The van der Waals surface area contributed by atoms with Crippen molar-refractivity contribution < 1.29 is 4.42 Å². The van der Waals surface area contributed by atoms with Gasteiger partial charge in [-0.15, -0.1) is 0 Å². The second-order valence-corrected chi connectivity index (χ2v) is 4.26. The summed E-state index contributed by atoms with van der Waals surface area (Å²) in [7, 11) is 0. The Labute approximate surface area is 87.0 Å². The van der Waals surface area contributed by atoms with Crippen LogP contribution in [0.2, 0.25) is 0 Å². The molecule has 0 aromatic carbocycles. The van der Waals surface area contributed by atoms with Crippen molar-refractivity contribution in [1.82, 2.24) is 4.90 Å². The fourth-order valence-corrected chi connectivity index (χ4v) is 2.00. The molecule has 0 aliphatic heterocycles. The van der Waals surface area contributed by atoms with Crippen LogP contribution in [-0.4, -0.2) is 22.8 Å². The summed E-state index contributed by atoms with van der Waals surface area (Å²) < 4.78 is 5.33. The average molecular weight is 244 g/mol. The van der Waals surface area contributed by atoms with Crippen LogP contribution in [0.15, 0.2) is 22.8 Å². The zero-order chi connectivity index (χ0) is 9.10. The van der Waals surface area contributed by atoms with Crippen LogP contribution in [0.1, 0.15) is 18.6 Å². The van der Waals surface area contributed by atoms with E-state index in [9.17, 15) is 0 Å². The highest BCUT2D eigenvalue weighted by Gasteiger charge is 2.28. The van der Waals surface area contributed by atoms with E-state index in [-0.39, 0.29) is 0 Å². The summed E-state index contributed by atoms with van der Waals surface area (Å²) in [5, 5.41) is 1.05. The minimum atomic E-state index is 0.808. The van der Waals surface area contributed by atoms with Gasteiger partial charge in [-0.1, -0.05) is 15.9 Å². The predicted molar refractivity (Wildman–Crippen MR) is 55.9 cm³/mol. The number of hydrogen-bond donors (Lipinski definition) is 0. The predicted octanol–water partition coefficient (Wildman–Crippen LogP) is 2.64. The molecular weight excluding hydrogens is 230 g/mol. The van der Waals surface area contributed by atoms with Gasteiger partial charge in [-0.25, -0.2) is 0 Å². The molecule has 1 fully saturated rings. The minimum absolute atomic E-state index is 0.808. The molecule has 0 atom stereocenters. The summed E-state index contributed by atoms with van der Waals surface area (Å²) in [4.78, 5) is 2.48. The lowest BCUT2D eigenvalue weighted by molar-refractivity contribution is 0.248. The standard InChI is InChI=1S/C10H14BrNO/c11-5-6-12(9-3-4-9)8-10-2-1-7-13-10/h1-2,7,9H,3-6,8H2. The smallest absolute Gasteiger partial charge is 0.117 e. The van der Waals surface area contributed by atoms with Crippen LogP contribution >= 0.6 is 15.9 Å². The van der Waals surface area contributed by atoms with E-state index in [1.807, 2.05) is 12.1 Å². The van der Waals surface area contributed by atoms with Crippen molar-refractivity contribution in [3.8, 4) is 0 Å². The lowest BCUT2D eigenvalue weighted by Crippen LogP contribution is -2.27. The van der Waals surface area contributed by atoms with E-state index < -0.39 is 0 Å². The molecule has 0 spiro atoms. The van der Waals surface area contributed by atoms with Crippen LogP contribution in [0.4, 0.5) is 0 Å². The molecule has 0 N–H and O–H groups in total. The largest absolute Gasteiger partial charge is 0.468 e. The first-order chi connectivity index (χ1) is 6.40. The number of rotatable bonds is 5. The van der Waals surface area contributed by atoms with Crippen molar-refractivity contribution in [3.63, 3.8) is 0 Å². The van der Waals surface area contributed by atoms with Crippen molar-refractivity contribution in [2.45, 2.75) is 25.4 Å². The molecule has 13 heavy (non-hydrogen) atoms. The number of hydrogen-bond acceptors (Lipinski definition) is 2. The van der Waals surface area contributed by atoms with Gasteiger partial charge in [0.1, 0.15) is 5.76 Å². The van der Waals surface area contributed by atoms with Crippen molar-refractivity contribution in [2.75, 3.05) is 11.9 Å². The summed E-state index contributed by atoms with van der Waals surface area (Å²) in [6.45, 7) is 2.08. The van der Waals surface area contributed by atoms with E-state index in [4.69, 9.17) is 4.42 Å². The molecular formula is C10H14BrNO. The van der Waals surface area contributed by atoms with E-state index >= 15 is 0 Å². The van der Waals surface area contributed by atoms with Crippen molar-refractivity contribution in [3.05, 3.63) is 24.2 Å². The van der Waals surface area contributed by atoms with Crippen LogP contribution in [0.3, 0.4) is 0 Å². The third-order valence-electron chi connectivity index (χ3n) is 2.37. The molecule has 1 aliphatic carbocycles. The van der Waals surface area contributed by atoms with Gasteiger partial charge in [0.05, 0.1) is 12.8 Å². The van der Waals surface area contributed by atoms with E-state index in [1.54, 1.807) is 6.26 Å². The Morgan fingerprint density at radius 1 is 1.54 bits per heavy atom. The van der Waals surface area contributed by atoms with E-state index in [1.165, 1.54) is 12.8 Å². The Kier molecular flexibility index (Phi) is 3.06. The minimum Gasteiger partial charge on any atom is -0.468 e. The second-order valence-electron chi connectivity index (χ2n) is 3.47. The molecule has 1 saturated carbocycles. The molecule has 72 valence electrons. The molecule has 0 unspecified atom stereocenters. The summed E-state index contributed by atoms with van der Waals surface area (Å²) in [5.74, 6) is 1.08. The fraction of sp³-hybridized carbons (Fsp3) is 0.600. The van der Waals surface area contributed by atoms with Crippen molar-refractivity contribution in [2.24, 2.45) is 0 Å². The van der Waals surface area contributed by atoms with Gasteiger partial charge in [0.15, 0.2) is 0 Å². The maximum absolute atomic E-state index is 5.33. The zero-order valence-corrected chi connectivity index (χ0v) is 9.16. The zero-order valence-electron chi connectivity index (χ0n) is 7.58. The molecule has 2 rings (SSSR count). The number of furan rings is 1. The van der Waals surface area contributed by atoms with Gasteiger partial charge < -0.3 is 4.42 Å². The highest BCUT2D eigenvalue weighted by molar-refractivity contribution is 9.09. The monoisotopic (exact) mass is 243 g/mol. The molecule has 0 saturated heterocycles. The molecule has 0 bridgehead atoms. The summed E-state index contributed by atoms with van der Waals surface area (Å²) in [6.07, 6.45) is 4.45. The second kappa shape index (κ2) is 4.29. The first kappa shape index (κ1) is 9.28. The summed E-state index contributed by atoms with van der Waals surface area (Å²) in [5.41, 5.74) is 0. The number of alkyl halides is 1. The fourth-order valence-electron chi connectivity index (χ4n) is 1.54. The maximum atomic E-state index is 5.33. The van der Waals surface area contributed by atoms with Gasteiger partial charge in [-0.2, -0.15) is 0 Å². The molecule has 1 aromatic heterocycles. The topological polar surface area (TPSA) is 16.4 Å².